The molecule has 4 heteroatoms. The topological polar surface area (TPSA) is 44.7 Å². The van der Waals surface area contributed by atoms with Gasteiger partial charge < -0.3 is 15.2 Å². The monoisotopic (exact) mass is 230 g/mol. The van der Waals surface area contributed by atoms with Crippen molar-refractivity contribution in [3.8, 4) is 0 Å². The van der Waals surface area contributed by atoms with Gasteiger partial charge in [0.05, 0.1) is 19.3 Å². The molecule has 0 radical (unpaired) electrons. The molecule has 0 aromatic rings. The van der Waals surface area contributed by atoms with E-state index < -0.39 is 0 Å². The Kier molecular flexibility index (Phi) is 5.18. The third kappa shape index (κ3) is 4.01. The lowest BCUT2D eigenvalue weighted by molar-refractivity contribution is -0.0857. The molecule has 2 unspecified atom stereocenters. The fourth-order valence-corrected chi connectivity index (χ4v) is 2.29. The Bertz CT molecular complexity index is 209. The van der Waals surface area contributed by atoms with Crippen LogP contribution in [-0.2, 0) is 4.74 Å². The van der Waals surface area contributed by atoms with Crippen molar-refractivity contribution < 1.29 is 9.84 Å². The number of ether oxygens (including phenoxy) is 1. The molecule has 1 rings (SSSR count). The highest BCUT2D eigenvalue weighted by atomic mass is 16.5. The summed E-state index contributed by atoms with van der Waals surface area (Å²) in [6.45, 7) is 10.4. The van der Waals surface area contributed by atoms with Crippen LogP contribution in [0.1, 0.15) is 20.8 Å². The Labute approximate surface area is 99.0 Å². The van der Waals surface area contributed by atoms with Crippen LogP contribution in [0.2, 0.25) is 0 Å². The van der Waals surface area contributed by atoms with Crippen molar-refractivity contribution in [1.82, 2.24) is 10.2 Å². The SMILES string of the molecule is CNCC(C)(C)CN1CC(CO)OCC1C. The van der Waals surface area contributed by atoms with Gasteiger partial charge in [-0.2, -0.15) is 0 Å². The number of rotatable bonds is 5. The third-order valence-corrected chi connectivity index (χ3v) is 3.12. The van der Waals surface area contributed by atoms with E-state index in [2.05, 4.69) is 31.0 Å². The maximum absolute atomic E-state index is 9.13. The van der Waals surface area contributed by atoms with Gasteiger partial charge in [0.25, 0.3) is 0 Å². The summed E-state index contributed by atoms with van der Waals surface area (Å²) >= 11 is 0. The molecule has 4 nitrogen and oxygen atoms in total. The Morgan fingerprint density at radius 3 is 2.75 bits per heavy atom. The standard InChI is InChI=1S/C12H26N2O2/c1-10-7-16-11(6-15)5-14(10)9-12(2,3)8-13-4/h10-11,13,15H,5-9H2,1-4H3. The number of aliphatic hydroxyl groups is 1. The molecule has 0 aromatic heterocycles. The van der Waals surface area contributed by atoms with E-state index in [9.17, 15) is 0 Å². The van der Waals surface area contributed by atoms with Crippen molar-refractivity contribution >= 4 is 0 Å². The summed E-state index contributed by atoms with van der Waals surface area (Å²) in [7, 11) is 1.99. The molecular weight excluding hydrogens is 204 g/mol. The smallest absolute Gasteiger partial charge is 0.0933 e. The summed E-state index contributed by atoms with van der Waals surface area (Å²) in [4.78, 5) is 2.42. The Morgan fingerprint density at radius 1 is 1.50 bits per heavy atom. The summed E-state index contributed by atoms with van der Waals surface area (Å²) in [6, 6.07) is 0.443. The van der Waals surface area contributed by atoms with Gasteiger partial charge in [-0.3, -0.25) is 4.90 Å². The van der Waals surface area contributed by atoms with Gasteiger partial charge in [-0.25, -0.2) is 0 Å². The maximum Gasteiger partial charge on any atom is 0.0933 e. The number of nitrogens with one attached hydrogen (secondary N) is 1. The van der Waals surface area contributed by atoms with Crippen molar-refractivity contribution in [2.75, 3.05) is 39.9 Å². The maximum atomic E-state index is 9.13. The van der Waals surface area contributed by atoms with E-state index in [0.717, 1.165) is 26.2 Å². The number of nitrogens with zero attached hydrogens (tertiary/aromatic N) is 1. The van der Waals surface area contributed by atoms with Crippen LogP contribution in [0.15, 0.2) is 0 Å². The van der Waals surface area contributed by atoms with Crippen molar-refractivity contribution in [1.29, 1.82) is 0 Å². The normalized spacial score (nSPS) is 28.3. The second kappa shape index (κ2) is 5.96. The lowest BCUT2D eigenvalue weighted by atomic mass is 9.91. The highest BCUT2D eigenvalue weighted by Crippen LogP contribution is 2.20. The van der Waals surface area contributed by atoms with Crippen LogP contribution in [0, 0.1) is 5.41 Å². The van der Waals surface area contributed by atoms with Gasteiger partial charge in [-0.15, -0.1) is 0 Å². The molecule has 96 valence electrons. The zero-order valence-corrected chi connectivity index (χ0v) is 11.0. The molecule has 0 saturated carbocycles. The summed E-state index contributed by atoms with van der Waals surface area (Å²) in [5.74, 6) is 0. The molecule has 1 aliphatic rings. The molecule has 0 aliphatic carbocycles. The van der Waals surface area contributed by atoms with Crippen LogP contribution >= 0.6 is 0 Å². The molecule has 0 bridgehead atoms. The van der Waals surface area contributed by atoms with Gasteiger partial charge in [0.2, 0.25) is 0 Å². The van der Waals surface area contributed by atoms with E-state index in [4.69, 9.17) is 9.84 Å². The van der Waals surface area contributed by atoms with Crippen molar-refractivity contribution in [3.63, 3.8) is 0 Å². The first-order chi connectivity index (χ1) is 7.48. The first kappa shape index (κ1) is 13.9. The lowest BCUT2D eigenvalue weighted by Gasteiger charge is -2.41. The van der Waals surface area contributed by atoms with Crippen LogP contribution in [0.4, 0.5) is 0 Å². The van der Waals surface area contributed by atoms with E-state index >= 15 is 0 Å². The highest BCUT2D eigenvalue weighted by molar-refractivity contribution is 4.83. The average molecular weight is 230 g/mol. The molecule has 0 spiro atoms. The summed E-state index contributed by atoms with van der Waals surface area (Å²) < 4.78 is 5.54. The predicted molar refractivity (Wildman–Crippen MR) is 65.6 cm³/mol. The third-order valence-electron chi connectivity index (χ3n) is 3.12. The first-order valence-electron chi connectivity index (χ1n) is 6.09. The fourth-order valence-electron chi connectivity index (χ4n) is 2.29. The Morgan fingerprint density at radius 2 is 2.19 bits per heavy atom. The predicted octanol–water partition coefficient (Wildman–Crippen LogP) is 0.314. The van der Waals surface area contributed by atoms with Crippen LogP contribution in [0.25, 0.3) is 0 Å². The number of hydrogen-bond acceptors (Lipinski definition) is 4. The minimum absolute atomic E-state index is 0.0124. The zero-order chi connectivity index (χ0) is 12.2. The number of aliphatic hydroxyl groups excluding tert-OH is 1. The van der Waals surface area contributed by atoms with E-state index in [1.807, 2.05) is 7.05 Å². The number of hydrogen-bond donors (Lipinski definition) is 2. The van der Waals surface area contributed by atoms with Crippen LogP contribution in [-0.4, -0.2) is 62.0 Å². The molecule has 0 amide bonds. The van der Waals surface area contributed by atoms with Gasteiger partial charge in [-0.05, 0) is 19.4 Å². The second-order valence-electron chi connectivity index (χ2n) is 5.61. The first-order valence-corrected chi connectivity index (χ1v) is 6.09. The van der Waals surface area contributed by atoms with Gasteiger partial charge >= 0.3 is 0 Å². The van der Waals surface area contributed by atoms with Gasteiger partial charge in [0, 0.05) is 25.7 Å². The van der Waals surface area contributed by atoms with E-state index in [1.54, 1.807) is 0 Å². The van der Waals surface area contributed by atoms with Crippen molar-refractivity contribution in [3.05, 3.63) is 0 Å². The summed E-state index contributed by atoms with van der Waals surface area (Å²) in [5.41, 5.74) is 0.250. The van der Waals surface area contributed by atoms with Gasteiger partial charge in [0.15, 0.2) is 0 Å². The molecule has 0 aromatic carbocycles. The Hall–Kier alpha value is -0.160. The van der Waals surface area contributed by atoms with Crippen LogP contribution in [0.3, 0.4) is 0 Å². The minimum Gasteiger partial charge on any atom is -0.394 e. The minimum atomic E-state index is -0.0124. The lowest BCUT2D eigenvalue weighted by Crippen LogP contribution is -2.53. The molecule has 1 fully saturated rings. The average Bonchev–Trinajstić information content (AvgIpc) is 2.21. The van der Waals surface area contributed by atoms with Gasteiger partial charge in [0.1, 0.15) is 0 Å². The highest BCUT2D eigenvalue weighted by Gasteiger charge is 2.30. The summed E-state index contributed by atoms with van der Waals surface area (Å²) in [5, 5.41) is 12.4. The molecule has 2 atom stereocenters. The van der Waals surface area contributed by atoms with Crippen molar-refractivity contribution in [2.45, 2.75) is 32.9 Å². The molecule has 16 heavy (non-hydrogen) atoms. The second-order valence-corrected chi connectivity index (χ2v) is 5.61. The Balaban J connectivity index is 2.50. The quantitative estimate of drug-likeness (QED) is 0.714. The molecule has 1 aliphatic heterocycles. The molecular formula is C12H26N2O2. The molecule has 2 N–H and O–H groups in total. The van der Waals surface area contributed by atoms with Crippen molar-refractivity contribution in [2.24, 2.45) is 5.41 Å². The van der Waals surface area contributed by atoms with E-state index in [0.29, 0.717) is 6.04 Å². The molecule has 1 heterocycles. The largest absolute Gasteiger partial charge is 0.394 e. The van der Waals surface area contributed by atoms with Gasteiger partial charge in [-0.1, -0.05) is 13.8 Å². The van der Waals surface area contributed by atoms with E-state index in [-0.39, 0.29) is 18.1 Å². The van der Waals surface area contributed by atoms with Crippen LogP contribution in [0.5, 0.6) is 0 Å². The fraction of sp³-hybridized carbons (Fsp3) is 1.00. The number of morpholine rings is 1. The summed E-state index contributed by atoms with van der Waals surface area (Å²) in [6.07, 6.45) is -0.0124. The van der Waals surface area contributed by atoms with Crippen LogP contribution < -0.4 is 5.32 Å². The zero-order valence-electron chi connectivity index (χ0n) is 11.0. The molecule has 1 saturated heterocycles. The van der Waals surface area contributed by atoms with E-state index in [1.165, 1.54) is 0 Å².